The van der Waals surface area contributed by atoms with E-state index in [0.717, 1.165) is 56.0 Å². The molecule has 4 rings (SSSR count). The van der Waals surface area contributed by atoms with Crippen molar-refractivity contribution in [2.75, 3.05) is 51.6 Å². The third-order valence-electron chi connectivity index (χ3n) is 5.12. The molecule has 0 unspecified atom stereocenters. The Kier molecular flexibility index (Phi) is 5.62. The van der Waals surface area contributed by atoms with Crippen LogP contribution in [0, 0.1) is 0 Å². The number of rotatable bonds is 5. The number of nitrogens with zero attached hydrogens (tertiary/aromatic N) is 4. The van der Waals surface area contributed by atoms with Gasteiger partial charge in [-0.3, -0.25) is 4.90 Å². The van der Waals surface area contributed by atoms with E-state index in [2.05, 4.69) is 27.1 Å². The molecule has 0 bridgehead atoms. The van der Waals surface area contributed by atoms with E-state index in [1.807, 2.05) is 24.3 Å². The van der Waals surface area contributed by atoms with Gasteiger partial charge in [-0.1, -0.05) is 23.7 Å². The van der Waals surface area contributed by atoms with Crippen molar-refractivity contribution in [3.8, 4) is 17.1 Å². The topological polar surface area (TPSA) is 64.5 Å². The van der Waals surface area contributed by atoms with Gasteiger partial charge in [0.1, 0.15) is 11.6 Å². The molecule has 0 aliphatic carbocycles. The number of aromatic nitrogens is 2. The molecule has 0 amide bonds. The van der Waals surface area contributed by atoms with Gasteiger partial charge in [0.2, 0.25) is 0 Å². The number of halogens is 1. The van der Waals surface area contributed by atoms with Crippen LogP contribution in [-0.2, 0) is 0 Å². The molecule has 0 saturated carbocycles. The molecule has 1 aliphatic rings. The summed E-state index contributed by atoms with van der Waals surface area (Å²) in [5, 5.41) is 15.2. The van der Waals surface area contributed by atoms with Crippen LogP contribution >= 0.6 is 11.6 Å². The van der Waals surface area contributed by atoms with Crippen LogP contribution < -0.4 is 5.32 Å². The molecule has 6 nitrogen and oxygen atoms in total. The lowest BCUT2D eigenvalue weighted by Gasteiger charge is -2.32. The number of nitrogens with one attached hydrogen (secondary N) is 1. The van der Waals surface area contributed by atoms with Crippen LogP contribution in [0.2, 0.25) is 5.02 Å². The van der Waals surface area contributed by atoms with E-state index in [1.165, 1.54) is 0 Å². The van der Waals surface area contributed by atoms with Crippen molar-refractivity contribution in [1.82, 2.24) is 19.8 Å². The predicted octanol–water partition coefficient (Wildman–Crippen LogP) is 3.32. The first-order valence-electron chi connectivity index (χ1n) is 9.50. The summed E-state index contributed by atoms with van der Waals surface area (Å²) >= 11 is 6.11. The number of benzene rings is 2. The Labute approximate surface area is 169 Å². The molecule has 1 aliphatic heterocycles. The standard InChI is InChI=1S/C21H24ClN5O/c1-26-10-12-27(13-11-26)9-8-23-20-16-4-2-3-5-18(16)24-21(25-20)17-14-15(22)6-7-19(17)28/h2-7,14,28H,8-13H2,1H3,(H,23,24,25). The molecule has 1 aromatic heterocycles. The number of hydrogen-bond donors (Lipinski definition) is 2. The molecule has 1 fully saturated rings. The van der Waals surface area contributed by atoms with E-state index in [1.54, 1.807) is 18.2 Å². The number of anilines is 1. The zero-order valence-corrected chi connectivity index (χ0v) is 16.7. The van der Waals surface area contributed by atoms with Crippen LogP contribution in [0.5, 0.6) is 5.75 Å². The number of phenolic OH excluding ortho intramolecular Hbond substituents is 1. The van der Waals surface area contributed by atoms with Gasteiger partial charge in [-0.2, -0.15) is 0 Å². The van der Waals surface area contributed by atoms with Crippen molar-refractivity contribution in [2.45, 2.75) is 0 Å². The molecule has 2 N–H and O–H groups in total. The van der Waals surface area contributed by atoms with Gasteiger partial charge in [0.25, 0.3) is 0 Å². The average molecular weight is 398 g/mol. The third-order valence-corrected chi connectivity index (χ3v) is 5.35. The maximum absolute atomic E-state index is 10.2. The highest BCUT2D eigenvalue weighted by atomic mass is 35.5. The molecular formula is C21H24ClN5O. The van der Waals surface area contributed by atoms with Gasteiger partial charge in [0.15, 0.2) is 5.82 Å². The van der Waals surface area contributed by atoms with Crippen LogP contribution in [0.3, 0.4) is 0 Å². The van der Waals surface area contributed by atoms with E-state index in [9.17, 15) is 5.11 Å². The van der Waals surface area contributed by atoms with Crippen LogP contribution in [0.25, 0.3) is 22.3 Å². The molecule has 7 heteroatoms. The first-order chi connectivity index (χ1) is 13.6. The molecule has 3 aromatic rings. The summed E-state index contributed by atoms with van der Waals surface area (Å²) in [6.45, 7) is 6.15. The van der Waals surface area contributed by atoms with E-state index in [0.29, 0.717) is 16.4 Å². The first kappa shape index (κ1) is 18.9. The smallest absolute Gasteiger partial charge is 0.165 e. The Balaban J connectivity index is 1.59. The van der Waals surface area contributed by atoms with Crippen LogP contribution in [0.15, 0.2) is 42.5 Å². The lowest BCUT2D eigenvalue weighted by atomic mass is 10.1. The van der Waals surface area contributed by atoms with Crippen molar-refractivity contribution >= 4 is 28.3 Å². The zero-order chi connectivity index (χ0) is 19.5. The Bertz CT molecular complexity index is 972. The maximum Gasteiger partial charge on any atom is 0.165 e. The Morgan fingerprint density at radius 2 is 1.86 bits per heavy atom. The van der Waals surface area contributed by atoms with E-state index < -0.39 is 0 Å². The average Bonchev–Trinajstić information content (AvgIpc) is 2.71. The molecule has 2 aromatic carbocycles. The zero-order valence-electron chi connectivity index (χ0n) is 15.9. The predicted molar refractivity (Wildman–Crippen MR) is 114 cm³/mol. The summed E-state index contributed by atoms with van der Waals surface area (Å²) < 4.78 is 0. The van der Waals surface area contributed by atoms with Crippen LogP contribution in [0.1, 0.15) is 0 Å². The fourth-order valence-corrected chi connectivity index (χ4v) is 3.60. The quantitative estimate of drug-likeness (QED) is 0.688. The second-order valence-electron chi connectivity index (χ2n) is 7.15. The number of likely N-dealkylation sites (N-methyl/N-ethyl adjacent to an activating group) is 1. The van der Waals surface area contributed by atoms with Gasteiger partial charge in [-0.15, -0.1) is 0 Å². The van der Waals surface area contributed by atoms with Gasteiger partial charge in [0.05, 0.1) is 11.1 Å². The molecule has 2 heterocycles. The van der Waals surface area contributed by atoms with E-state index in [-0.39, 0.29) is 5.75 Å². The minimum Gasteiger partial charge on any atom is -0.507 e. The third kappa shape index (κ3) is 4.19. The Morgan fingerprint density at radius 1 is 1.07 bits per heavy atom. The molecule has 0 atom stereocenters. The summed E-state index contributed by atoms with van der Waals surface area (Å²) in [4.78, 5) is 14.1. The van der Waals surface area contributed by atoms with Gasteiger partial charge < -0.3 is 15.3 Å². The van der Waals surface area contributed by atoms with Crippen molar-refractivity contribution in [1.29, 1.82) is 0 Å². The molecule has 0 spiro atoms. The SMILES string of the molecule is CN1CCN(CCNc2nc(-c3cc(Cl)ccc3O)nc3ccccc23)CC1. The Morgan fingerprint density at radius 3 is 2.68 bits per heavy atom. The fourth-order valence-electron chi connectivity index (χ4n) is 3.42. The molecule has 1 saturated heterocycles. The summed E-state index contributed by atoms with van der Waals surface area (Å²) in [5.41, 5.74) is 1.36. The normalized spacial score (nSPS) is 15.8. The second kappa shape index (κ2) is 8.31. The number of phenols is 1. The van der Waals surface area contributed by atoms with Crippen LogP contribution in [-0.4, -0.2) is 71.2 Å². The van der Waals surface area contributed by atoms with E-state index >= 15 is 0 Å². The van der Waals surface area contributed by atoms with Gasteiger partial charge in [-0.05, 0) is 37.4 Å². The van der Waals surface area contributed by atoms with Gasteiger partial charge in [0, 0.05) is 49.7 Å². The lowest BCUT2D eigenvalue weighted by molar-refractivity contribution is 0.158. The van der Waals surface area contributed by atoms with Crippen molar-refractivity contribution < 1.29 is 5.11 Å². The van der Waals surface area contributed by atoms with Crippen LogP contribution in [0.4, 0.5) is 5.82 Å². The molecular weight excluding hydrogens is 374 g/mol. The number of aromatic hydroxyl groups is 1. The van der Waals surface area contributed by atoms with Gasteiger partial charge >= 0.3 is 0 Å². The van der Waals surface area contributed by atoms with Crippen molar-refractivity contribution in [3.63, 3.8) is 0 Å². The highest BCUT2D eigenvalue weighted by Crippen LogP contribution is 2.32. The van der Waals surface area contributed by atoms with Gasteiger partial charge in [-0.25, -0.2) is 9.97 Å². The monoisotopic (exact) mass is 397 g/mol. The largest absolute Gasteiger partial charge is 0.507 e. The summed E-state index contributed by atoms with van der Waals surface area (Å²) in [7, 11) is 2.16. The number of hydrogen-bond acceptors (Lipinski definition) is 6. The number of fused-ring (bicyclic) bond motifs is 1. The minimum atomic E-state index is 0.114. The molecule has 28 heavy (non-hydrogen) atoms. The lowest BCUT2D eigenvalue weighted by Crippen LogP contribution is -2.45. The highest BCUT2D eigenvalue weighted by Gasteiger charge is 2.15. The second-order valence-corrected chi connectivity index (χ2v) is 7.58. The minimum absolute atomic E-state index is 0.114. The van der Waals surface area contributed by atoms with Crippen molar-refractivity contribution in [3.05, 3.63) is 47.5 Å². The van der Waals surface area contributed by atoms with Crippen molar-refractivity contribution in [2.24, 2.45) is 0 Å². The summed E-state index contributed by atoms with van der Waals surface area (Å²) in [6, 6.07) is 12.8. The summed E-state index contributed by atoms with van der Waals surface area (Å²) in [5.74, 6) is 1.35. The first-order valence-corrected chi connectivity index (χ1v) is 9.88. The number of para-hydroxylation sites is 1. The maximum atomic E-state index is 10.2. The number of piperazine rings is 1. The Hall–Kier alpha value is -2.41. The molecule has 146 valence electrons. The fraction of sp³-hybridized carbons (Fsp3) is 0.333. The van der Waals surface area contributed by atoms with E-state index in [4.69, 9.17) is 16.6 Å². The summed E-state index contributed by atoms with van der Waals surface area (Å²) in [6.07, 6.45) is 0. The highest BCUT2D eigenvalue weighted by molar-refractivity contribution is 6.30. The molecule has 0 radical (unpaired) electrons.